The van der Waals surface area contributed by atoms with Crippen LogP contribution in [0.5, 0.6) is 0 Å². The number of hydrogen-bond donors (Lipinski definition) is 0. The van der Waals surface area contributed by atoms with Crippen LogP contribution in [-0.4, -0.2) is 0 Å². The van der Waals surface area contributed by atoms with Gasteiger partial charge in [-0.25, -0.2) is 0 Å². The molecule has 0 radical (unpaired) electrons. The topological polar surface area (TPSA) is 0 Å². The van der Waals surface area contributed by atoms with Crippen molar-refractivity contribution in [3.63, 3.8) is 0 Å². The Morgan fingerprint density at radius 3 is 1.11 bits per heavy atom. The van der Waals surface area contributed by atoms with E-state index in [1.165, 1.54) is 0 Å². The third kappa shape index (κ3) is 9.32. The maximum atomic E-state index is 2.86. The summed E-state index contributed by atoms with van der Waals surface area (Å²) < 4.78 is 0. The summed E-state index contributed by atoms with van der Waals surface area (Å²) in [5, 5.41) is 0. The molecule has 0 spiro atoms. The van der Waals surface area contributed by atoms with E-state index in [1.54, 1.807) is 0 Å². The second kappa shape index (κ2) is 12.0. The van der Waals surface area contributed by atoms with Crippen LogP contribution in [0.25, 0.3) is 0 Å². The molecule has 0 N–H and O–H groups in total. The van der Waals surface area contributed by atoms with Gasteiger partial charge >= 0.3 is 31.1 Å². The molecular weight excluding hydrogens is 560 g/mol. The normalized spacial score (nSPS) is 5.33. The summed E-state index contributed by atoms with van der Waals surface area (Å²) in [5.41, 5.74) is 0. The van der Waals surface area contributed by atoms with Gasteiger partial charge in [-0.3, -0.25) is 24.3 Å². The van der Waals surface area contributed by atoms with Crippen LogP contribution in [-0.2, 0) is 0 Å². The molecule has 0 aliphatic rings. The van der Waals surface area contributed by atoms with E-state index in [4.69, 9.17) is 0 Å². The Bertz CT molecular complexity index is 78.8. The van der Waals surface area contributed by atoms with E-state index in [0.717, 1.165) is 0 Å². The Hall–Kier alpha value is 1.32. The van der Waals surface area contributed by atoms with Crippen LogP contribution in [0.4, 0.5) is 0 Å². The number of benzene rings is 1. The fourth-order valence-corrected chi connectivity index (χ4v) is 0.304. The molecule has 0 saturated heterocycles. The molecule has 0 nitrogen and oxygen atoms in total. The van der Waals surface area contributed by atoms with Crippen molar-refractivity contribution in [1.82, 2.24) is 0 Å². The van der Waals surface area contributed by atoms with Crippen molar-refractivity contribution in [2.24, 2.45) is 0 Å². The van der Waals surface area contributed by atoms with Crippen LogP contribution in [0.1, 0.15) is 0 Å². The molecule has 0 amide bonds. The standard InChI is InChI=1S/C6H4.CH3.2U/c1-2-4-6-5-3-1;;;/h1-2,5-6H;1H3;;/q-2;-1;;+2. The minimum atomic E-state index is 0. The zero-order valence-corrected chi connectivity index (χ0v) is 13.6. The predicted molar refractivity (Wildman–Crippen MR) is 30.5 cm³/mol. The van der Waals surface area contributed by atoms with Crippen LogP contribution in [0.15, 0.2) is 24.3 Å². The average molecular weight is 567 g/mol. The summed E-state index contributed by atoms with van der Waals surface area (Å²) in [6.45, 7) is 0. The van der Waals surface area contributed by atoms with Crippen molar-refractivity contribution in [2.45, 2.75) is 0 Å². The Morgan fingerprint density at radius 1 is 0.778 bits per heavy atom. The predicted octanol–water partition coefficient (Wildman–Crippen LogP) is 1.74. The molecule has 0 bridgehead atoms. The zero-order valence-electron chi connectivity index (χ0n) is 5.31. The molecule has 1 aromatic rings. The van der Waals surface area contributed by atoms with Crippen molar-refractivity contribution < 1.29 is 62.2 Å². The van der Waals surface area contributed by atoms with Crippen molar-refractivity contribution in [1.29, 1.82) is 0 Å². The van der Waals surface area contributed by atoms with Crippen molar-refractivity contribution >= 4 is 0 Å². The number of hydrogen-bond acceptors (Lipinski definition) is 0. The van der Waals surface area contributed by atoms with Crippen molar-refractivity contribution in [3.8, 4) is 0 Å². The van der Waals surface area contributed by atoms with Gasteiger partial charge in [0.2, 0.25) is 0 Å². The van der Waals surface area contributed by atoms with E-state index >= 15 is 0 Å². The average Bonchev–Trinajstić information content (AvgIpc) is 1.72. The van der Waals surface area contributed by atoms with Gasteiger partial charge in [-0.05, 0) is 0 Å². The summed E-state index contributed by atoms with van der Waals surface area (Å²) in [4.78, 5) is 0. The van der Waals surface area contributed by atoms with E-state index in [2.05, 4.69) is 12.1 Å². The Labute approximate surface area is 105 Å². The first-order chi connectivity index (χ1) is 3.00. The second-order valence-electron chi connectivity index (χ2n) is 1.00. The molecular formula is C7H7U2-. The molecule has 0 aliphatic heterocycles. The smallest absolute Gasteiger partial charge is 0.358 e. The molecule has 0 heterocycles. The van der Waals surface area contributed by atoms with E-state index in [9.17, 15) is 0 Å². The first kappa shape index (κ1) is 16.7. The van der Waals surface area contributed by atoms with Gasteiger partial charge in [-0.15, -0.1) is 0 Å². The largest absolute Gasteiger partial charge is 2.00 e. The fourth-order valence-electron chi connectivity index (χ4n) is 0.304. The van der Waals surface area contributed by atoms with Gasteiger partial charge in [0, 0.05) is 31.1 Å². The van der Waals surface area contributed by atoms with E-state index in [0.29, 0.717) is 0 Å². The van der Waals surface area contributed by atoms with Crippen LogP contribution in [0.3, 0.4) is 0 Å². The summed E-state index contributed by atoms with van der Waals surface area (Å²) >= 11 is 0. The molecule has 0 saturated carbocycles. The molecule has 2 heteroatoms. The van der Waals surface area contributed by atoms with Gasteiger partial charge in [0.05, 0.1) is 0 Å². The van der Waals surface area contributed by atoms with E-state index in [1.807, 2.05) is 24.3 Å². The Morgan fingerprint density at radius 2 is 1.00 bits per heavy atom. The first-order valence-corrected chi connectivity index (χ1v) is 1.82. The Balaban J connectivity index is -0.000000120. The molecule has 44 valence electrons. The van der Waals surface area contributed by atoms with E-state index < -0.39 is 0 Å². The number of rotatable bonds is 0. The summed E-state index contributed by atoms with van der Waals surface area (Å²) in [6.07, 6.45) is 0. The molecule has 0 aromatic heterocycles. The zero-order chi connectivity index (χ0) is 4.24. The van der Waals surface area contributed by atoms with Gasteiger partial charge in [0.1, 0.15) is 0 Å². The SMILES string of the molecule is [CH3-].[U+2].[U].[c-]1cc[c-]cc1. The molecule has 0 fully saturated rings. The fraction of sp³-hybridized carbons (Fsp3) is 0. The van der Waals surface area contributed by atoms with Crippen LogP contribution in [0, 0.1) is 81.8 Å². The Kier molecular flexibility index (Phi) is 22.4. The van der Waals surface area contributed by atoms with Gasteiger partial charge in [-0.1, -0.05) is 0 Å². The minimum Gasteiger partial charge on any atom is -0.358 e. The molecule has 1 aromatic carbocycles. The van der Waals surface area contributed by atoms with Crippen molar-refractivity contribution in [2.75, 3.05) is 0 Å². The minimum absolute atomic E-state index is 0. The second-order valence-corrected chi connectivity index (χ2v) is 1.00. The molecule has 1 rings (SSSR count). The maximum Gasteiger partial charge on any atom is 2.00 e. The van der Waals surface area contributed by atoms with E-state index in [-0.39, 0.29) is 69.7 Å². The van der Waals surface area contributed by atoms with Gasteiger partial charge in [-0.2, -0.15) is 0 Å². The summed E-state index contributed by atoms with van der Waals surface area (Å²) in [5.74, 6) is 0. The summed E-state index contributed by atoms with van der Waals surface area (Å²) in [6, 6.07) is 13.0. The monoisotopic (exact) mass is 567 g/mol. The quantitative estimate of drug-likeness (QED) is 0.420. The third-order valence-electron chi connectivity index (χ3n) is 0.552. The van der Waals surface area contributed by atoms with Gasteiger partial charge in [0.15, 0.2) is 0 Å². The third-order valence-corrected chi connectivity index (χ3v) is 0.552. The first-order valence-electron chi connectivity index (χ1n) is 1.82. The van der Waals surface area contributed by atoms with Crippen LogP contribution >= 0.6 is 0 Å². The maximum absolute atomic E-state index is 2.86. The van der Waals surface area contributed by atoms with Crippen molar-refractivity contribution in [3.05, 3.63) is 43.8 Å². The van der Waals surface area contributed by atoms with Crippen LogP contribution < -0.4 is 0 Å². The molecule has 0 unspecified atom stereocenters. The molecule has 0 aliphatic carbocycles. The molecule has 0 atom stereocenters. The van der Waals surface area contributed by atoms with Gasteiger partial charge in [0.25, 0.3) is 0 Å². The molecule has 9 heavy (non-hydrogen) atoms. The van der Waals surface area contributed by atoms with Crippen LogP contribution in [0.2, 0.25) is 0 Å². The van der Waals surface area contributed by atoms with Gasteiger partial charge < -0.3 is 19.6 Å². The summed E-state index contributed by atoms with van der Waals surface area (Å²) in [7, 11) is 0.